The molecular weight excluding hydrogens is 226 g/mol. The molecule has 0 fully saturated rings. The van der Waals surface area contributed by atoms with E-state index in [1.807, 2.05) is 19.1 Å². The number of ketones is 1. The van der Waals surface area contributed by atoms with E-state index in [0.29, 0.717) is 18.0 Å². The largest absolute Gasteiger partial charge is 0.349 e. The number of hydrogen-bond donors (Lipinski definition) is 1. The third kappa shape index (κ3) is 3.69. The Labute approximate surface area is 109 Å². The van der Waals surface area contributed by atoms with E-state index in [1.165, 1.54) is 5.56 Å². The molecule has 0 spiro atoms. The summed E-state index contributed by atoms with van der Waals surface area (Å²) in [5.41, 5.74) is 1.65. The van der Waals surface area contributed by atoms with Crippen LogP contribution >= 0.6 is 0 Å². The second-order valence-electron chi connectivity index (χ2n) is 4.52. The van der Waals surface area contributed by atoms with E-state index in [0.717, 1.165) is 12.8 Å². The summed E-state index contributed by atoms with van der Waals surface area (Å²) < 4.78 is 0. The molecule has 18 heavy (non-hydrogen) atoms. The van der Waals surface area contributed by atoms with Gasteiger partial charge in [-0.1, -0.05) is 45.0 Å². The molecule has 3 heteroatoms. The summed E-state index contributed by atoms with van der Waals surface area (Å²) in [6.45, 7) is 6.76. The molecule has 1 amide bonds. The SMILES string of the molecule is CCCNC(=O)C(=O)c1ccc(C(C)CC)cc1. The number of carbonyl (C=O) groups is 2. The van der Waals surface area contributed by atoms with Gasteiger partial charge in [0.15, 0.2) is 0 Å². The highest BCUT2D eigenvalue weighted by Gasteiger charge is 2.15. The summed E-state index contributed by atoms with van der Waals surface area (Å²) in [7, 11) is 0. The molecule has 0 bridgehead atoms. The zero-order valence-electron chi connectivity index (χ0n) is 11.3. The van der Waals surface area contributed by atoms with Crippen LogP contribution in [0.3, 0.4) is 0 Å². The van der Waals surface area contributed by atoms with Crippen LogP contribution in [-0.4, -0.2) is 18.2 Å². The van der Waals surface area contributed by atoms with Crippen LogP contribution in [0.25, 0.3) is 0 Å². The minimum Gasteiger partial charge on any atom is -0.349 e. The predicted molar refractivity (Wildman–Crippen MR) is 72.8 cm³/mol. The van der Waals surface area contributed by atoms with E-state index in [2.05, 4.69) is 19.2 Å². The third-order valence-electron chi connectivity index (χ3n) is 3.10. The lowest BCUT2D eigenvalue weighted by Crippen LogP contribution is -2.31. The quantitative estimate of drug-likeness (QED) is 0.620. The average molecular weight is 247 g/mol. The Balaban J connectivity index is 2.73. The zero-order chi connectivity index (χ0) is 13.5. The lowest BCUT2D eigenvalue weighted by molar-refractivity contribution is -0.116. The highest BCUT2D eigenvalue weighted by molar-refractivity contribution is 6.42. The molecule has 3 nitrogen and oxygen atoms in total. The van der Waals surface area contributed by atoms with E-state index >= 15 is 0 Å². The van der Waals surface area contributed by atoms with Gasteiger partial charge in [0.05, 0.1) is 0 Å². The second kappa shape index (κ2) is 6.94. The molecule has 0 saturated heterocycles. The highest BCUT2D eigenvalue weighted by Crippen LogP contribution is 2.18. The first-order valence-corrected chi connectivity index (χ1v) is 6.52. The maximum Gasteiger partial charge on any atom is 0.292 e. The van der Waals surface area contributed by atoms with Crippen molar-refractivity contribution in [1.29, 1.82) is 0 Å². The number of benzene rings is 1. The first-order chi connectivity index (χ1) is 8.60. The monoisotopic (exact) mass is 247 g/mol. The van der Waals surface area contributed by atoms with Gasteiger partial charge in [-0.05, 0) is 24.3 Å². The molecular formula is C15H21NO2. The zero-order valence-corrected chi connectivity index (χ0v) is 11.3. The molecule has 0 aliphatic carbocycles. The summed E-state index contributed by atoms with van der Waals surface area (Å²) in [6.07, 6.45) is 1.89. The van der Waals surface area contributed by atoms with Crippen LogP contribution in [0.5, 0.6) is 0 Å². The van der Waals surface area contributed by atoms with Crippen LogP contribution in [0.15, 0.2) is 24.3 Å². The average Bonchev–Trinajstić information content (AvgIpc) is 2.43. The van der Waals surface area contributed by atoms with E-state index < -0.39 is 11.7 Å². The number of carbonyl (C=O) groups excluding carboxylic acids is 2. The molecule has 0 aliphatic rings. The normalized spacial score (nSPS) is 11.9. The van der Waals surface area contributed by atoms with E-state index in [-0.39, 0.29) is 0 Å². The van der Waals surface area contributed by atoms with E-state index in [9.17, 15) is 9.59 Å². The molecule has 1 atom stereocenters. The van der Waals surface area contributed by atoms with Crippen LogP contribution in [0.1, 0.15) is 55.5 Å². The second-order valence-corrected chi connectivity index (χ2v) is 4.52. The number of Topliss-reactive ketones (excluding diaryl/α,β-unsaturated/α-hetero) is 1. The van der Waals surface area contributed by atoms with Gasteiger partial charge in [0.2, 0.25) is 5.78 Å². The van der Waals surface area contributed by atoms with Gasteiger partial charge in [-0.2, -0.15) is 0 Å². The molecule has 0 heterocycles. The van der Waals surface area contributed by atoms with Gasteiger partial charge in [0.1, 0.15) is 0 Å². The Morgan fingerprint density at radius 3 is 2.28 bits per heavy atom. The van der Waals surface area contributed by atoms with Gasteiger partial charge in [-0.15, -0.1) is 0 Å². The number of nitrogens with one attached hydrogen (secondary N) is 1. The number of amides is 1. The molecule has 98 valence electrons. The highest BCUT2D eigenvalue weighted by atomic mass is 16.2. The Hall–Kier alpha value is -1.64. The smallest absolute Gasteiger partial charge is 0.292 e. The van der Waals surface area contributed by atoms with Crippen molar-refractivity contribution in [3.8, 4) is 0 Å². The minimum atomic E-state index is -0.520. The van der Waals surface area contributed by atoms with Crippen molar-refractivity contribution in [2.45, 2.75) is 39.5 Å². The molecule has 1 aromatic carbocycles. The maximum absolute atomic E-state index is 11.8. The fraction of sp³-hybridized carbons (Fsp3) is 0.467. The van der Waals surface area contributed by atoms with Crippen LogP contribution in [-0.2, 0) is 4.79 Å². The first-order valence-electron chi connectivity index (χ1n) is 6.52. The molecule has 1 aromatic rings. The van der Waals surface area contributed by atoms with Gasteiger partial charge < -0.3 is 5.32 Å². The van der Waals surface area contributed by atoms with Crippen molar-refractivity contribution >= 4 is 11.7 Å². The van der Waals surface area contributed by atoms with Crippen molar-refractivity contribution in [3.05, 3.63) is 35.4 Å². The van der Waals surface area contributed by atoms with Crippen molar-refractivity contribution in [3.63, 3.8) is 0 Å². The summed E-state index contributed by atoms with van der Waals surface area (Å²) in [6, 6.07) is 7.31. The predicted octanol–water partition coefficient (Wildman–Crippen LogP) is 2.91. The van der Waals surface area contributed by atoms with Gasteiger partial charge in [-0.3, -0.25) is 9.59 Å². The van der Waals surface area contributed by atoms with Crippen molar-refractivity contribution in [2.75, 3.05) is 6.54 Å². The van der Waals surface area contributed by atoms with Gasteiger partial charge >= 0.3 is 0 Å². The first kappa shape index (κ1) is 14.4. The number of hydrogen-bond acceptors (Lipinski definition) is 2. The third-order valence-corrected chi connectivity index (χ3v) is 3.10. The fourth-order valence-electron chi connectivity index (χ4n) is 1.65. The molecule has 1 unspecified atom stereocenters. The fourth-order valence-corrected chi connectivity index (χ4v) is 1.65. The lowest BCUT2D eigenvalue weighted by atomic mass is 9.97. The van der Waals surface area contributed by atoms with Gasteiger partial charge in [0, 0.05) is 12.1 Å². The molecule has 0 saturated carbocycles. The van der Waals surface area contributed by atoms with Crippen LogP contribution in [0, 0.1) is 0 Å². The Morgan fingerprint density at radius 1 is 1.17 bits per heavy atom. The minimum absolute atomic E-state index is 0.454. The van der Waals surface area contributed by atoms with Crippen molar-refractivity contribution in [1.82, 2.24) is 5.32 Å². The van der Waals surface area contributed by atoms with Crippen molar-refractivity contribution in [2.24, 2.45) is 0 Å². The van der Waals surface area contributed by atoms with Crippen LogP contribution < -0.4 is 5.32 Å². The Bertz CT molecular complexity index is 409. The Kier molecular flexibility index (Phi) is 5.56. The van der Waals surface area contributed by atoms with Crippen LogP contribution in [0.4, 0.5) is 0 Å². The molecule has 1 rings (SSSR count). The molecule has 0 aromatic heterocycles. The summed E-state index contributed by atoms with van der Waals surface area (Å²) in [4.78, 5) is 23.3. The van der Waals surface area contributed by atoms with Gasteiger partial charge in [-0.25, -0.2) is 0 Å². The molecule has 1 N–H and O–H groups in total. The molecule has 0 aliphatic heterocycles. The standard InChI is InChI=1S/C15H21NO2/c1-4-10-16-15(18)14(17)13-8-6-12(7-9-13)11(3)5-2/h6-9,11H,4-5,10H2,1-3H3,(H,16,18). The summed E-state index contributed by atoms with van der Waals surface area (Å²) in [5, 5.41) is 2.59. The maximum atomic E-state index is 11.8. The summed E-state index contributed by atoms with van der Waals surface area (Å²) >= 11 is 0. The topological polar surface area (TPSA) is 46.2 Å². The Morgan fingerprint density at radius 2 is 1.78 bits per heavy atom. The molecule has 0 radical (unpaired) electrons. The van der Waals surface area contributed by atoms with E-state index in [4.69, 9.17) is 0 Å². The summed E-state index contributed by atoms with van der Waals surface area (Å²) in [5.74, 6) is -0.504. The van der Waals surface area contributed by atoms with Gasteiger partial charge in [0.25, 0.3) is 5.91 Å². The van der Waals surface area contributed by atoms with E-state index in [1.54, 1.807) is 12.1 Å². The lowest BCUT2D eigenvalue weighted by Gasteiger charge is -2.09. The van der Waals surface area contributed by atoms with Crippen molar-refractivity contribution < 1.29 is 9.59 Å². The van der Waals surface area contributed by atoms with Crippen LogP contribution in [0.2, 0.25) is 0 Å². The number of rotatable bonds is 6.